The van der Waals surface area contributed by atoms with Crippen LogP contribution in [0.25, 0.3) is 10.9 Å². The van der Waals surface area contributed by atoms with E-state index in [0.717, 1.165) is 24.6 Å². The molecule has 1 atom stereocenters. The second kappa shape index (κ2) is 7.57. The lowest BCUT2D eigenvalue weighted by molar-refractivity contribution is -0.145. The number of carbonyl (C=O) groups is 1. The lowest BCUT2D eigenvalue weighted by Crippen LogP contribution is -2.32. The van der Waals surface area contributed by atoms with Crippen LogP contribution in [0.1, 0.15) is 18.7 Å². The van der Waals surface area contributed by atoms with E-state index in [1.807, 2.05) is 0 Å². The molecule has 3 rings (SSSR count). The topological polar surface area (TPSA) is 64.1 Å². The molecule has 9 heteroatoms. The van der Waals surface area contributed by atoms with Crippen molar-refractivity contribution < 1.29 is 22.7 Å². The minimum atomic E-state index is -4.64. The Morgan fingerprint density at radius 2 is 2.12 bits per heavy atom. The summed E-state index contributed by atoms with van der Waals surface area (Å²) in [4.78, 5) is 19.1. The van der Waals surface area contributed by atoms with E-state index in [1.54, 1.807) is 18.2 Å². The van der Waals surface area contributed by atoms with Crippen LogP contribution >= 0.6 is 11.8 Å². The van der Waals surface area contributed by atoms with Crippen LogP contribution in [0.5, 0.6) is 0 Å². The van der Waals surface area contributed by atoms with Gasteiger partial charge in [0.25, 0.3) is 0 Å². The molecule has 2 aromatic rings. The van der Waals surface area contributed by atoms with Crippen molar-refractivity contribution in [2.75, 3.05) is 18.9 Å². The molecule has 0 bridgehead atoms. The van der Waals surface area contributed by atoms with E-state index in [-0.39, 0.29) is 28.3 Å². The smallest absolute Gasteiger partial charge is 0.376 e. The predicted octanol–water partition coefficient (Wildman–Crippen LogP) is 3.04. The van der Waals surface area contributed by atoms with Crippen LogP contribution in [0.4, 0.5) is 13.2 Å². The first kappa shape index (κ1) is 17.9. The van der Waals surface area contributed by atoms with E-state index in [4.69, 9.17) is 4.74 Å². The minimum Gasteiger partial charge on any atom is -0.376 e. The summed E-state index contributed by atoms with van der Waals surface area (Å²) in [7, 11) is 0. The first-order valence-corrected chi connectivity index (χ1v) is 8.77. The highest BCUT2D eigenvalue weighted by Crippen LogP contribution is 2.31. The molecule has 1 N–H and O–H groups in total. The van der Waals surface area contributed by atoms with Gasteiger partial charge in [-0.15, -0.1) is 0 Å². The molecule has 1 aromatic carbocycles. The van der Waals surface area contributed by atoms with Crippen molar-refractivity contribution in [2.24, 2.45) is 0 Å². The second-order valence-electron chi connectivity index (χ2n) is 5.60. The summed E-state index contributed by atoms with van der Waals surface area (Å²) >= 11 is 0.967. The van der Waals surface area contributed by atoms with E-state index >= 15 is 0 Å². The lowest BCUT2D eigenvalue weighted by atomic mass is 10.2. The molecule has 0 saturated carbocycles. The highest BCUT2D eigenvalue weighted by Gasteiger charge is 2.35. The number of carbonyl (C=O) groups excluding carboxylic acids is 1. The first-order chi connectivity index (χ1) is 11.9. The summed E-state index contributed by atoms with van der Waals surface area (Å²) in [6, 6.07) is 6.44. The number of nitrogens with zero attached hydrogens (tertiary/aromatic N) is 2. The van der Waals surface area contributed by atoms with Crippen LogP contribution in [0.3, 0.4) is 0 Å². The Morgan fingerprint density at radius 1 is 1.32 bits per heavy atom. The maximum absolute atomic E-state index is 13.0. The highest BCUT2D eigenvalue weighted by atomic mass is 32.2. The first-order valence-electron chi connectivity index (χ1n) is 7.78. The number of amides is 1. The Labute approximate surface area is 146 Å². The molecule has 1 amide bonds. The van der Waals surface area contributed by atoms with E-state index in [0.29, 0.717) is 18.5 Å². The van der Waals surface area contributed by atoms with Gasteiger partial charge >= 0.3 is 6.18 Å². The fourth-order valence-corrected chi connectivity index (χ4v) is 3.35. The Kier molecular flexibility index (Phi) is 5.43. The van der Waals surface area contributed by atoms with E-state index in [1.165, 1.54) is 6.07 Å². The number of thioether (sulfide) groups is 1. The molecule has 1 aliphatic heterocycles. The Hall–Kier alpha value is -1.87. The molecular formula is C16H16F3N3O2S. The highest BCUT2D eigenvalue weighted by molar-refractivity contribution is 8.00. The van der Waals surface area contributed by atoms with Crippen molar-refractivity contribution in [1.29, 1.82) is 0 Å². The molecule has 2 heterocycles. The zero-order valence-electron chi connectivity index (χ0n) is 13.2. The third-order valence-corrected chi connectivity index (χ3v) is 4.70. The number of nitrogens with one attached hydrogen (secondary N) is 1. The van der Waals surface area contributed by atoms with Gasteiger partial charge in [0, 0.05) is 18.5 Å². The van der Waals surface area contributed by atoms with Crippen molar-refractivity contribution in [3.63, 3.8) is 0 Å². The fourth-order valence-electron chi connectivity index (χ4n) is 2.50. The van der Waals surface area contributed by atoms with Crippen LogP contribution < -0.4 is 5.32 Å². The van der Waals surface area contributed by atoms with Crippen LogP contribution in [0.15, 0.2) is 29.3 Å². The van der Waals surface area contributed by atoms with Gasteiger partial charge in [0.15, 0.2) is 0 Å². The lowest BCUT2D eigenvalue weighted by Gasteiger charge is -2.12. The standard InChI is InChI=1S/C16H16F3N3O2S/c17-16(18,19)15-21-12-6-2-1-5-11(12)14(22-15)25-9-13(23)20-8-10-4-3-7-24-10/h1-2,5-6,10H,3-4,7-9H2,(H,20,23). The average Bonchev–Trinajstić information content (AvgIpc) is 3.10. The van der Waals surface area contributed by atoms with Gasteiger partial charge in [-0.2, -0.15) is 13.2 Å². The molecule has 1 saturated heterocycles. The summed E-state index contributed by atoms with van der Waals surface area (Å²) in [6.45, 7) is 1.11. The van der Waals surface area contributed by atoms with Crippen LogP contribution in [-0.4, -0.2) is 40.9 Å². The quantitative estimate of drug-likeness (QED) is 0.647. The van der Waals surface area contributed by atoms with Gasteiger partial charge in [0.1, 0.15) is 5.03 Å². The Morgan fingerprint density at radius 3 is 2.84 bits per heavy atom. The number of hydrogen-bond acceptors (Lipinski definition) is 5. The van der Waals surface area contributed by atoms with Crippen molar-refractivity contribution in [2.45, 2.75) is 30.1 Å². The Balaban J connectivity index is 1.70. The SMILES string of the molecule is O=C(CSc1nc(C(F)(F)F)nc2ccccc12)NCC1CCCO1. The summed E-state index contributed by atoms with van der Waals surface area (Å²) < 4.78 is 44.3. The van der Waals surface area contributed by atoms with Crippen molar-refractivity contribution in [3.05, 3.63) is 30.1 Å². The number of alkyl halides is 3. The molecule has 1 aliphatic rings. The monoisotopic (exact) mass is 371 g/mol. The van der Waals surface area contributed by atoms with Crippen molar-refractivity contribution in [3.8, 4) is 0 Å². The van der Waals surface area contributed by atoms with E-state index in [2.05, 4.69) is 15.3 Å². The van der Waals surface area contributed by atoms with Gasteiger partial charge in [-0.25, -0.2) is 9.97 Å². The molecule has 25 heavy (non-hydrogen) atoms. The molecule has 1 unspecified atom stereocenters. The Bertz CT molecular complexity index is 764. The van der Waals surface area contributed by atoms with E-state index in [9.17, 15) is 18.0 Å². The third-order valence-electron chi connectivity index (χ3n) is 3.71. The maximum Gasteiger partial charge on any atom is 0.451 e. The maximum atomic E-state index is 13.0. The number of fused-ring (bicyclic) bond motifs is 1. The largest absolute Gasteiger partial charge is 0.451 e. The van der Waals surface area contributed by atoms with Gasteiger partial charge in [0.05, 0.1) is 17.4 Å². The van der Waals surface area contributed by atoms with Crippen LogP contribution in [-0.2, 0) is 15.7 Å². The van der Waals surface area contributed by atoms with Crippen LogP contribution in [0, 0.1) is 0 Å². The molecule has 1 aromatic heterocycles. The number of halogens is 3. The van der Waals surface area contributed by atoms with Crippen LogP contribution in [0.2, 0.25) is 0 Å². The fraction of sp³-hybridized carbons (Fsp3) is 0.438. The summed E-state index contributed by atoms with van der Waals surface area (Å²) in [5, 5.41) is 3.37. The number of benzene rings is 1. The van der Waals surface area contributed by atoms with Gasteiger partial charge in [-0.3, -0.25) is 4.79 Å². The minimum absolute atomic E-state index is 0.0191. The zero-order chi connectivity index (χ0) is 17.9. The molecule has 134 valence electrons. The number of hydrogen-bond donors (Lipinski definition) is 1. The molecule has 0 spiro atoms. The normalized spacial score (nSPS) is 17.8. The molecule has 1 fully saturated rings. The number of ether oxygens (including phenoxy) is 1. The number of aromatic nitrogens is 2. The van der Waals surface area contributed by atoms with Gasteiger partial charge in [-0.05, 0) is 18.9 Å². The number of rotatable bonds is 5. The van der Waals surface area contributed by atoms with Gasteiger partial charge in [-0.1, -0.05) is 30.0 Å². The van der Waals surface area contributed by atoms with Crippen molar-refractivity contribution >= 4 is 28.6 Å². The molecule has 0 aliphatic carbocycles. The van der Waals surface area contributed by atoms with Gasteiger partial charge in [0.2, 0.25) is 11.7 Å². The molecular weight excluding hydrogens is 355 g/mol. The third kappa shape index (κ3) is 4.60. The predicted molar refractivity (Wildman–Crippen MR) is 87.2 cm³/mol. The second-order valence-corrected chi connectivity index (χ2v) is 6.56. The average molecular weight is 371 g/mol. The molecule has 0 radical (unpaired) electrons. The summed E-state index contributed by atoms with van der Waals surface area (Å²) in [5.41, 5.74) is 0.201. The van der Waals surface area contributed by atoms with Crippen molar-refractivity contribution in [1.82, 2.24) is 15.3 Å². The molecule has 5 nitrogen and oxygen atoms in total. The summed E-state index contributed by atoms with van der Waals surface area (Å²) in [5.74, 6) is -1.49. The zero-order valence-corrected chi connectivity index (χ0v) is 14.0. The van der Waals surface area contributed by atoms with E-state index < -0.39 is 12.0 Å². The number of para-hydroxylation sites is 1. The summed E-state index contributed by atoms with van der Waals surface area (Å²) in [6.07, 6.45) is -2.74. The van der Waals surface area contributed by atoms with Gasteiger partial charge < -0.3 is 10.1 Å².